The largest absolute Gasteiger partial charge is 0.472 e. The molecule has 10 unspecified atom stereocenters. The number of carbonyl (C=O) groups excluding carboxylic acids is 4. The van der Waals surface area contributed by atoms with Crippen molar-refractivity contribution in [2.75, 3.05) is 65.6 Å². The highest BCUT2D eigenvalue weighted by Crippen LogP contribution is 2.44. The van der Waals surface area contributed by atoms with Crippen LogP contribution in [0.5, 0.6) is 0 Å². The summed E-state index contributed by atoms with van der Waals surface area (Å²) in [7, 11) is -4.79. The van der Waals surface area contributed by atoms with Crippen LogP contribution in [0.3, 0.4) is 0 Å². The van der Waals surface area contributed by atoms with E-state index in [1.807, 2.05) is 26.0 Å². The minimum Gasteiger partial charge on any atom is -0.463 e. The number of ether oxygens (including phenoxy) is 2. The van der Waals surface area contributed by atoms with Crippen molar-refractivity contribution in [2.45, 2.75) is 114 Å². The maximum atomic E-state index is 13.0. The second kappa shape index (κ2) is 33.0. The summed E-state index contributed by atoms with van der Waals surface area (Å²) >= 11 is 0. The Kier molecular flexibility index (Phi) is 31.5. The second-order valence-electron chi connectivity index (χ2n) is 16.7. The number of hydrogen-bond donors (Lipinski definition) is 6. The van der Waals surface area contributed by atoms with E-state index >= 15 is 0 Å². The Bertz CT molecular complexity index is 1320. The van der Waals surface area contributed by atoms with Crippen molar-refractivity contribution in [1.82, 2.24) is 21.3 Å². The van der Waals surface area contributed by atoms with Crippen LogP contribution >= 0.6 is 7.82 Å². The molecule has 0 saturated carbocycles. The molecule has 0 aliphatic carbocycles. The Morgan fingerprint density at radius 1 is 0.617 bits per heavy atom. The molecular weight excluding hydrogens is 789 g/mol. The van der Waals surface area contributed by atoms with Crippen molar-refractivity contribution in [3.05, 3.63) is 24.3 Å². The molecule has 0 aromatic rings. The first-order chi connectivity index (χ1) is 28.3. The number of allylic oxidation sites excluding steroid dienone is 4. The molecule has 16 heteroatoms. The molecule has 0 radical (unpaired) electrons. The van der Waals surface area contributed by atoms with Gasteiger partial charge in [0.25, 0.3) is 0 Å². The van der Waals surface area contributed by atoms with Crippen LogP contribution in [0.1, 0.15) is 108 Å². The summed E-state index contributed by atoms with van der Waals surface area (Å²) in [6, 6.07) is 0. The Labute approximate surface area is 362 Å². The lowest BCUT2D eigenvalue weighted by Gasteiger charge is -2.24. The fraction of sp³-hybridized carbons (Fsp3) is 0.818. The van der Waals surface area contributed by atoms with E-state index in [0.717, 1.165) is 58.3 Å². The van der Waals surface area contributed by atoms with E-state index in [1.165, 1.54) is 0 Å². The number of nitrogens with one attached hydrogen (secondary N) is 4. The average Bonchev–Trinajstić information content (AvgIpc) is 3.22. The summed E-state index contributed by atoms with van der Waals surface area (Å²) in [4.78, 5) is 62.1. The molecule has 0 aliphatic rings. The Morgan fingerprint density at radius 3 is 1.55 bits per heavy atom. The van der Waals surface area contributed by atoms with Gasteiger partial charge in [-0.2, -0.15) is 0 Å². The summed E-state index contributed by atoms with van der Waals surface area (Å²) in [5.41, 5.74) is 5.49. The fourth-order valence-electron chi connectivity index (χ4n) is 5.29. The molecular formula is C44H84N5O10P. The first kappa shape index (κ1) is 57.3. The number of amides is 2. The van der Waals surface area contributed by atoms with E-state index in [9.17, 15) is 28.6 Å². The molecule has 7 N–H and O–H groups in total. The van der Waals surface area contributed by atoms with Crippen LogP contribution in [0.2, 0.25) is 0 Å². The normalized spacial score (nSPS) is 17.6. The van der Waals surface area contributed by atoms with Gasteiger partial charge in [0.05, 0.1) is 18.4 Å². The van der Waals surface area contributed by atoms with Gasteiger partial charge in [0.15, 0.2) is 0 Å². The molecule has 0 fully saturated rings. The number of esters is 2. The first-order valence-corrected chi connectivity index (χ1v) is 23.8. The Morgan fingerprint density at radius 2 is 1.07 bits per heavy atom. The van der Waals surface area contributed by atoms with Crippen molar-refractivity contribution >= 4 is 31.6 Å². The van der Waals surface area contributed by atoms with Crippen LogP contribution in [0.25, 0.3) is 0 Å². The molecule has 0 rings (SSSR count). The van der Waals surface area contributed by atoms with E-state index in [4.69, 9.17) is 24.3 Å². The molecule has 0 saturated heterocycles. The highest BCUT2D eigenvalue weighted by atomic mass is 31.2. The third-order valence-corrected chi connectivity index (χ3v) is 12.2. The monoisotopic (exact) mass is 874 g/mol. The van der Waals surface area contributed by atoms with Gasteiger partial charge in [0.1, 0.15) is 19.3 Å². The highest BCUT2D eigenvalue weighted by molar-refractivity contribution is 7.47. The van der Waals surface area contributed by atoms with Crippen LogP contribution in [-0.2, 0) is 42.3 Å². The third kappa shape index (κ3) is 26.6. The van der Waals surface area contributed by atoms with E-state index in [2.05, 4.69) is 68.0 Å². The summed E-state index contributed by atoms with van der Waals surface area (Å²) in [6.45, 7) is 24.3. The van der Waals surface area contributed by atoms with E-state index < -0.39 is 75.3 Å². The number of carbonyl (C=O) groups is 4. The van der Waals surface area contributed by atoms with Gasteiger partial charge >= 0.3 is 19.8 Å². The molecule has 60 heavy (non-hydrogen) atoms. The van der Waals surface area contributed by atoms with Crippen molar-refractivity contribution in [3.63, 3.8) is 0 Å². The lowest BCUT2D eigenvalue weighted by Crippen LogP contribution is -2.41. The number of phosphoric acid groups is 1. The van der Waals surface area contributed by atoms with E-state index in [-0.39, 0.29) is 24.3 Å². The average molecular weight is 874 g/mol. The number of rotatable bonds is 35. The third-order valence-electron chi connectivity index (χ3n) is 11.2. The number of unbranched alkanes of at least 4 members (excludes halogenated alkanes) is 1. The number of nitrogens with two attached hydrogens (primary N) is 1. The SMILES string of the molecule is CCC(C)/C=C\C(C)C(C)C(=O)OCC(COC(=O)C(C)C(C)/C=C\C(C)C(C)C)OP(=O)(O)OCCNC(=O)C(C)C(C)C(=O)NCCCNCCCCNCCCN. The molecule has 10 atom stereocenters. The zero-order chi connectivity index (χ0) is 45.7. The number of hydrogen-bond acceptors (Lipinski definition) is 12. The first-order valence-electron chi connectivity index (χ1n) is 22.3. The smallest absolute Gasteiger partial charge is 0.463 e. The second-order valence-corrected chi connectivity index (χ2v) is 18.1. The molecule has 0 aromatic heterocycles. The molecule has 0 aliphatic heterocycles. The van der Waals surface area contributed by atoms with Gasteiger partial charge in [-0.05, 0) is 88.0 Å². The summed E-state index contributed by atoms with van der Waals surface area (Å²) in [5, 5.41) is 12.2. The zero-order valence-electron chi connectivity index (χ0n) is 38.8. The van der Waals surface area contributed by atoms with E-state index in [0.29, 0.717) is 30.8 Å². The quantitative estimate of drug-likeness (QED) is 0.0193. The van der Waals surface area contributed by atoms with Crippen molar-refractivity contribution in [3.8, 4) is 0 Å². The van der Waals surface area contributed by atoms with Crippen LogP contribution in [0.4, 0.5) is 0 Å². The fourth-order valence-corrected chi connectivity index (χ4v) is 6.17. The maximum absolute atomic E-state index is 13.0. The van der Waals surface area contributed by atoms with Gasteiger partial charge in [-0.25, -0.2) is 4.57 Å². The topological polar surface area (TPSA) is 217 Å². The molecule has 0 heterocycles. The Hall–Kier alpha value is -2.65. The lowest BCUT2D eigenvalue weighted by atomic mass is 9.91. The van der Waals surface area contributed by atoms with Gasteiger partial charge in [-0.1, -0.05) is 107 Å². The molecule has 0 bridgehead atoms. The van der Waals surface area contributed by atoms with Crippen molar-refractivity contribution < 1.29 is 47.2 Å². The summed E-state index contributed by atoms with van der Waals surface area (Å²) in [5.74, 6) is -3.24. The molecule has 2 amide bonds. The van der Waals surface area contributed by atoms with Crippen LogP contribution in [-0.4, -0.2) is 100 Å². The van der Waals surface area contributed by atoms with Gasteiger partial charge in [-0.15, -0.1) is 0 Å². The minimum absolute atomic E-state index is 0.132. The van der Waals surface area contributed by atoms with Crippen LogP contribution in [0.15, 0.2) is 24.3 Å². The predicted octanol–water partition coefficient (Wildman–Crippen LogP) is 5.77. The van der Waals surface area contributed by atoms with Gasteiger partial charge in [-0.3, -0.25) is 28.2 Å². The molecule has 350 valence electrons. The minimum atomic E-state index is -4.79. The van der Waals surface area contributed by atoms with Crippen molar-refractivity contribution in [2.24, 2.45) is 59.0 Å². The Balaban J connectivity index is 5.12. The molecule has 0 spiro atoms. The maximum Gasteiger partial charge on any atom is 0.472 e. The number of phosphoric ester groups is 1. The highest BCUT2D eigenvalue weighted by Gasteiger charge is 2.32. The van der Waals surface area contributed by atoms with Gasteiger partial charge in [0, 0.05) is 24.9 Å². The van der Waals surface area contributed by atoms with E-state index in [1.54, 1.807) is 27.7 Å². The van der Waals surface area contributed by atoms with Gasteiger partial charge in [0.2, 0.25) is 11.8 Å². The standard InChI is InChI=1S/C44H84N5O10P/c1-12-32(4)17-18-34(6)36(8)43(52)56-29-40(30-57-44(53)37(9)35(7)20-19-33(5)31(2)3)59-60(54,55)58-28-27-49-42(51)39(11)38(10)41(50)48-26-16-25-47-23-14-13-22-46-24-15-21-45/h17-20,31-40,46-47H,12-16,21-30,45H2,1-11H3,(H,48,50)(H,49,51)(H,54,55)/b18-17-,20-19-. The molecule has 0 aromatic carbocycles. The lowest BCUT2D eigenvalue weighted by molar-refractivity contribution is -0.157. The zero-order valence-corrected chi connectivity index (χ0v) is 39.7. The van der Waals surface area contributed by atoms with Crippen molar-refractivity contribution in [1.29, 1.82) is 0 Å². The van der Waals surface area contributed by atoms with Crippen LogP contribution in [0, 0.1) is 53.3 Å². The molecule has 15 nitrogen and oxygen atoms in total. The summed E-state index contributed by atoms with van der Waals surface area (Å²) in [6.07, 6.45) is 11.6. The van der Waals surface area contributed by atoms with Gasteiger partial charge < -0.3 is 41.4 Å². The predicted molar refractivity (Wildman–Crippen MR) is 239 cm³/mol. The van der Waals surface area contributed by atoms with Crippen LogP contribution < -0.4 is 27.0 Å². The summed E-state index contributed by atoms with van der Waals surface area (Å²) < 4.78 is 34.6.